The number of pyridine rings is 1. The van der Waals surface area contributed by atoms with Gasteiger partial charge in [-0.2, -0.15) is 0 Å². The number of piperidine rings is 1. The minimum absolute atomic E-state index is 0.105. The molecule has 3 aliphatic heterocycles. The Morgan fingerprint density at radius 3 is 2.44 bits per heavy atom. The third-order valence-corrected chi connectivity index (χ3v) is 10.0. The number of benzene rings is 2. The maximum atomic E-state index is 7.17. The summed E-state index contributed by atoms with van der Waals surface area (Å²) in [5.41, 5.74) is 7.36. The Bertz CT molecular complexity index is 1510. The molecule has 8 heteroatoms. The van der Waals surface area contributed by atoms with Crippen LogP contribution >= 0.6 is 35.4 Å². The van der Waals surface area contributed by atoms with Gasteiger partial charge in [0, 0.05) is 48.3 Å². The van der Waals surface area contributed by atoms with E-state index in [1.807, 2.05) is 30.5 Å². The fourth-order valence-electron chi connectivity index (χ4n) is 6.51. The van der Waals surface area contributed by atoms with Gasteiger partial charge in [-0.15, -0.1) is 0 Å². The summed E-state index contributed by atoms with van der Waals surface area (Å²) in [6.07, 6.45) is 6.51. The third-order valence-electron chi connectivity index (χ3n) is 9.09. The number of aromatic nitrogens is 1. The summed E-state index contributed by atoms with van der Waals surface area (Å²) >= 11 is 20.1. The smallest absolute Gasteiger partial charge is 0.174 e. The molecule has 214 valence electrons. The number of nitrogens with one attached hydrogen (secondary N) is 1. The summed E-state index contributed by atoms with van der Waals surface area (Å²) in [4.78, 5) is 11.6. The van der Waals surface area contributed by atoms with E-state index in [-0.39, 0.29) is 17.6 Å². The predicted octanol–water partition coefficient (Wildman–Crippen LogP) is 8.43. The maximum Gasteiger partial charge on any atom is 0.174 e. The Kier molecular flexibility index (Phi) is 7.46. The zero-order chi connectivity index (χ0) is 29.1. The Labute approximate surface area is 259 Å². The van der Waals surface area contributed by atoms with Gasteiger partial charge in [-0.25, -0.2) is 0 Å². The van der Waals surface area contributed by atoms with Gasteiger partial charge >= 0.3 is 0 Å². The molecular weight excluding hydrogens is 569 g/mol. The molecule has 6 rings (SSSR count). The maximum absolute atomic E-state index is 7.17. The number of thiocarbonyl (C=S) groups is 1. The number of hydrogen-bond donors (Lipinski definition) is 1. The van der Waals surface area contributed by atoms with Crippen LogP contribution in [0.4, 0.5) is 17.1 Å². The first-order valence-electron chi connectivity index (χ1n) is 14.4. The molecule has 0 saturated carbocycles. The molecule has 3 aliphatic rings. The first-order chi connectivity index (χ1) is 19.5. The van der Waals surface area contributed by atoms with E-state index in [0.29, 0.717) is 10.1 Å². The molecule has 0 amide bonds. The van der Waals surface area contributed by atoms with Gasteiger partial charge in [0.1, 0.15) is 0 Å². The van der Waals surface area contributed by atoms with Crippen LogP contribution in [0.25, 0.3) is 5.57 Å². The van der Waals surface area contributed by atoms with Crippen molar-refractivity contribution in [1.29, 1.82) is 0 Å². The van der Waals surface area contributed by atoms with Crippen LogP contribution in [0.5, 0.6) is 0 Å². The highest BCUT2D eigenvalue weighted by Crippen LogP contribution is 2.48. The van der Waals surface area contributed by atoms with Crippen LogP contribution in [0.1, 0.15) is 69.4 Å². The van der Waals surface area contributed by atoms with Gasteiger partial charge in [-0.05, 0) is 105 Å². The van der Waals surface area contributed by atoms with Crippen molar-refractivity contribution in [3.8, 4) is 0 Å². The van der Waals surface area contributed by atoms with Gasteiger partial charge in [-0.1, -0.05) is 42.3 Å². The van der Waals surface area contributed by atoms with Crippen molar-refractivity contribution in [3.05, 3.63) is 87.7 Å². The van der Waals surface area contributed by atoms with Gasteiger partial charge in [0.2, 0.25) is 0 Å². The van der Waals surface area contributed by atoms with Crippen molar-refractivity contribution in [2.45, 2.75) is 58.2 Å². The third kappa shape index (κ3) is 5.09. The molecule has 4 heterocycles. The van der Waals surface area contributed by atoms with Gasteiger partial charge in [0.05, 0.1) is 34.0 Å². The fourth-order valence-corrected chi connectivity index (χ4v) is 7.42. The monoisotopic (exact) mass is 605 g/mol. The molecule has 2 saturated heterocycles. The molecule has 0 radical (unpaired) electrons. The van der Waals surface area contributed by atoms with Crippen LogP contribution < -0.4 is 20.0 Å². The fraction of sp³-hybridized carbons (Fsp3) is 0.394. The molecule has 0 spiro atoms. The highest BCUT2D eigenvalue weighted by molar-refractivity contribution is 7.80. The second-order valence-electron chi connectivity index (χ2n) is 12.2. The molecule has 2 atom stereocenters. The average Bonchev–Trinajstić information content (AvgIpc) is 3.29. The summed E-state index contributed by atoms with van der Waals surface area (Å²) in [7, 11) is 2.12. The van der Waals surface area contributed by atoms with Gasteiger partial charge < -0.3 is 20.0 Å². The predicted molar refractivity (Wildman–Crippen MR) is 178 cm³/mol. The number of anilines is 3. The van der Waals surface area contributed by atoms with E-state index in [4.69, 9.17) is 40.4 Å². The van der Waals surface area contributed by atoms with Crippen molar-refractivity contribution < 1.29 is 0 Å². The topological polar surface area (TPSA) is 34.6 Å². The lowest BCUT2D eigenvalue weighted by Crippen LogP contribution is -2.42. The Balaban J connectivity index is 1.45. The number of hydrogen-bond acceptors (Lipinski definition) is 4. The largest absolute Gasteiger partial charge is 0.370 e. The first kappa shape index (κ1) is 28.3. The van der Waals surface area contributed by atoms with E-state index in [9.17, 15) is 0 Å². The number of allylic oxidation sites excluding steroid dienone is 1. The lowest BCUT2D eigenvalue weighted by atomic mass is 9.86. The summed E-state index contributed by atoms with van der Waals surface area (Å²) in [5, 5.41) is 5.63. The zero-order valence-corrected chi connectivity index (χ0v) is 26.6. The van der Waals surface area contributed by atoms with E-state index >= 15 is 0 Å². The molecule has 3 aromatic rings. The van der Waals surface area contributed by atoms with Crippen LogP contribution in [0.3, 0.4) is 0 Å². The molecule has 2 aromatic carbocycles. The Hall–Kier alpha value is -2.80. The molecule has 2 fully saturated rings. The normalized spacial score (nSPS) is 22.5. The molecule has 0 aliphatic carbocycles. The second kappa shape index (κ2) is 10.8. The molecule has 5 nitrogen and oxygen atoms in total. The lowest BCUT2D eigenvalue weighted by Gasteiger charge is -2.41. The van der Waals surface area contributed by atoms with Gasteiger partial charge in [0.15, 0.2) is 5.11 Å². The number of halogens is 2. The van der Waals surface area contributed by atoms with E-state index in [1.54, 1.807) is 0 Å². The summed E-state index contributed by atoms with van der Waals surface area (Å²) in [6.45, 7) is 11.0. The number of likely N-dealkylation sites (N-methyl/N-ethyl adjacent to an activating group) is 1. The molecule has 1 aromatic heterocycles. The SMILES string of the molecule is CC1=CC(C)(C)N(C)c2cc(Cl)c([C@@H]3[C@@H](c4ccccn4)NC(=S)N3c3ccc(N4CCC(C)CC4)c(Cl)c3)cc21. The molecule has 0 unspecified atom stereocenters. The number of rotatable bonds is 4. The van der Waals surface area contributed by atoms with Crippen LogP contribution in [0, 0.1) is 5.92 Å². The highest BCUT2D eigenvalue weighted by Gasteiger charge is 2.43. The van der Waals surface area contributed by atoms with E-state index in [1.165, 1.54) is 24.0 Å². The Morgan fingerprint density at radius 2 is 1.76 bits per heavy atom. The van der Waals surface area contributed by atoms with Crippen molar-refractivity contribution in [3.63, 3.8) is 0 Å². The highest BCUT2D eigenvalue weighted by atomic mass is 35.5. The zero-order valence-electron chi connectivity index (χ0n) is 24.3. The molecule has 0 bridgehead atoms. The average molecular weight is 607 g/mol. The lowest BCUT2D eigenvalue weighted by molar-refractivity contribution is 0.438. The van der Waals surface area contributed by atoms with Gasteiger partial charge in [0.25, 0.3) is 0 Å². The molecule has 1 N–H and O–H groups in total. The van der Waals surface area contributed by atoms with Crippen LogP contribution in [0.15, 0.2) is 60.8 Å². The van der Waals surface area contributed by atoms with Crippen molar-refractivity contribution in [2.24, 2.45) is 5.92 Å². The standard InChI is InChI=1S/C33H37Cl2N5S/c1-20-11-14-39(15-12-20)28-10-9-22(16-26(28)35)40-31(30(37-32(40)41)27-8-6-7-13-36-27)24-17-23-21(2)19-33(3,4)38(5)29(23)18-25(24)34/h6-10,13,16-20,30-31H,11-12,14-15H2,1-5H3,(H,37,41)/t30-,31-/m1/s1. The molecule has 41 heavy (non-hydrogen) atoms. The first-order valence-corrected chi connectivity index (χ1v) is 15.5. The van der Waals surface area contributed by atoms with Gasteiger partial charge in [-0.3, -0.25) is 4.98 Å². The van der Waals surface area contributed by atoms with Crippen molar-refractivity contribution in [2.75, 3.05) is 34.8 Å². The minimum Gasteiger partial charge on any atom is -0.370 e. The Morgan fingerprint density at radius 1 is 1.00 bits per heavy atom. The van der Waals surface area contributed by atoms with E-state index in [0.717, 1.165) is 52.3 Å². The quantitative estimate of drug-likeness (QED) is 0.301. The number of fused-ring (bicyclic) bond motifs is 1. The van der Waals surface area contributed by atoms with Crippen molar-refractivity contribution in [1.82, 2.24) is 10.3 Å². The summed E-state index contributed by atoms with van der Waals surface area (Å²) in [6, 6.07) is 16.2. The van der Waals surface area contributed by atoms with Crippen LogP contribution in [-0.2, 0) is 0 Å². The van der Waals surface area contributed by atoms with Crippen LogP contribution in [0.2, 0.25) is 10.0 Å². The molecular formula is C33H37Cl2N5S. The van der Waals surface area contributed by atoms with E-state index in [2.05, 4.69) is 85.1 Å². The van der Waals surface area contributed by atoms with E-state index < -0.39 is 0 Å². The summed E-state index contributed by atoms with van der Waals surface area (Å²) < 4.78 is 0. The second-order valence-corrected chi connectivity index (χ2v) is 13.4. The van der Waals surface area contributed by atoms with Crippen LogP contribution in [-0.4, -0.2) is 35.8 Å². The van der Waals surface area contributed by atoms with Crippen molar-refractivity contribution >= 4 is 63.2 Å². The number of nitrogens with zero attached hydrogens (tertiary/aromatic N) is 4. The minimum atomic E-state index is -0.221. The summed E-state index contributed by atoms with van der Waals surface area (Å²) in [5.74, 6) is 0.757.